The zero-order valence-electron chi connectivity index (χ0n) is 11.0. The SMILES string of the molecule is CCC1C(=O)NCCN1C(=O)c1cn(CCN)cn1. The number of rotatable bonds is 4. The van der Waals surface area contributed by atoms with E-state index in [2.05, 4.69) is 10.3 Å². The Morgan fingerprint density at radius 2 is 2.42 bits per heavy atom. The minimum absolute atomic E-state index is 0.0940. The number of nitrogens with one attached hydrogen (secondary N) is 1. The maximum absolute atomic E-state index is 12.4. The lowest BCUT2D eigenvalue weighted by Gasteiger charge is -2.33. The number of hydrogen-bond donors (Lipinski definition) is 2. The van der Waals surface area contributed by atoms with Crippen molar-refractivity contribution in [2.45, 2.75) is 25.9 Å². The maximum atomic E-state index is 12.4. The smallest absolute Gasteiger partial charge is 0.274 e. The van der Waals surface area contributed by atoms with Crippen LogP contribution in [0.4, 0.5) is 0 Å². The number of piperazine rings is 1. The summed E-state index contributed by atoms with van der Waals surface area (Å²) >= 11 is 0. The fraction of sp³-hybridized carbons (Fsp3) is 0.583. The molecule has 19 heavy (non-hydrogen) atoms. The Bertz CT molecular complexity index is 470. The zero-order chi connectivity index (χ0) is 13.8. The molecule has 1 aliphatic heterocycles. The number of nitrogens with two attached hydrogens (primary N) is 1. The molecule has 1 unspecified atom stereocenters. The topological polar surface area (TPSA) is 93.2 Å². The lowest BCUT2D eigenvalue weighted by molar-refractivity contribution is -0.127. The van der Waals surface area contributed by atoms with Gasteiger partial charge in [-0.05, 0) is 6.42 Å². The van der Waals surface area contributed by atoms with Crippen molar-refractivity contribution in [1.29, 1.82) is 0 Å². The van der Waals surface area contributed by atoms with Crippen molar-refractivity contribution >= 4 is 11.8 Å². The minimum Gasteiger partial charge on any atom is -0.353 e. The predicted molar refractivity (Wildman–Crippen MR) is 69.4 cm³/mol. The van der Waals surface area contributed by atoms with Crippen molar-refractivity contribution < 1.29 is 9.59 Å². The van der Waals surface area contributed by atoms with Gasteiger partial charge in [0.1, 0.15) is 11.7 Å². The molecule has 0 aliphatic carbocycles. The first-order valence-corrected chi connectivity index (χ1v) is 6.48. The van der Waals surface area contributed by atoms with E-state index in [4.69, 9.17) is 5.73 Å². The van der Waals surface area contributed by atoms with E-state index in [1.54, 1.807) is 22.0 Å². The average molecular weight is 265 g/mol. The Labute approximate surface area is 111 Å². The van der Waals surface area contributed by atoms with Gasteiger partial charge in [-0.1, -0.05) is 6.92 Å². The third-order valence-corrected chi connectivity index (χ3v) is 3.22. The van der Waals surface area contributed by atoms with Gasteiger partial charge in [-0.3, -0.25) is 9.59 Å². The van der Waals surface area contributed by atoms with Crippen LogP contribution in [0, 0.1) is 0 Å². The van der Waals surface area contributed by atoms with Gasteiger partial charge >= 0.3 is 0 Å². The summed E-state index contributed by atoms with van der Waals surface area (Å²) in [7, 11) is 0. The first-order valence-electron chi connectivity index (χ1n) is 6.48. The molecule has 0 spiro atoms. The van der Waals surface area contributed by atoms with Gasteiger partial charge in [0.2, 0.25) is 5.91 Å². The molecule has 3 N–H and O–H groups in total. The molecule has 0 radical (unpaired) electrons. The molecule has 104 valence electrons. The molecule has 1 saturated heterocycles. The van der Waals surface area contributed by atoms with E-state index >= 15 is 0 Å². The number of imidazole rings is 1. The molecule has 2 heterocycles. The standard InChI is InChI=1S/C12H19N5O2/c1-2-10-11(18)14-4-6-17(10)12(19)9-7-16(5-3-13)8-15-9/h7-8,10H,2-6,13H2,1H3,(H,14,18). The number of aromatic nitrogens is 2. The van der Waals surface area contributed by atoms with Gasteiger partial charge in [0, 0.05) is 32.4 Å². The fourth-order valence-corrected chi connectivity index (χ4v) is 2.25. The third kappa shape index (κ3) is 2.76. The monoisotopic (exact) mass is 265 g/mol. The Hall–Kier alpha value is -1.89. The van der Waals surface area contributed by atoms with Crippen LogP contribution < -0.4 is 11.1 Å². The summed E-state index contributed by atoms with van der Waals surface area (Å²) in [5, 5.41) is 2.77. The van der Waals surface area contributed by atoms with Crippen LogP contribution >= 0.6 is 0 Å². The molecular formula is C12H19N5O2. The van der Waals surface area contributed by atoms with Gasteiger partial charge in [0.25, 0.3) is 5.91 Å². The van der Waals surface area contributed by atoms with Gasteiger partial charge < -0.3 is 20.5 Å². The van der Waals surface area contributed by atoms with Crippen LogP contribution in [0.2, 0.25) is 0 Å². The van der Waals surface area contributed by atoms with E-state index < -0.39 is 6.04 Å². The summed E-state index contributed by atoms with van der Waals surface area (Å²) in [6, 6.07) is -0.402. The second-order valence-corrected chi connectivity index (χ2v) is 4.50. The van der Waals surface area contributed by atoms with Crippen LogP contribution in [-0.2, 0) is 11.3 Å². The quantitative estimate of drug-likeness (QED) is 0.744. The van der Waals surface area contributed by atoms with Gasteiger partial charge in [0.15, 0.2) is 0 Å². The van der Waals surface area contributed by atoms with E-state index in [9.17, 15) is 9.59 Å². The van der Waals surface area contributed by atoms with Crippen molar-refractivity contribution in [3.05, 3.63) is 18.2 Å². The number of carbonyl (C=O) groups excluding carboxylic acids is 2. The highest BCUT2D eigenvalue weighted by Crippen LogP contribution is 2.12. The molecule has 1 atom stereocenters. The van der Waals surface area contributed by atoms with Crippen LogP contribution in [0.25, 0.3) is 0 Å². The highest BCUT2D eigenvalue weighted by molar-refractivity contribution is 5.96. The van der Waals surface area contributed by atoms with Crippen LogP contribution in [0.3, 0.4) is 0 Å². The van der Waals surface area contributed by atoms with Gasteiger partial charge in [-0.15, -0.1) is 0 Å². The first-order chi connectivity index (χ1) is 9.17. The molecule has 0 saturated carbocycles. The van der Waals surface area contributed by atoms with Crippen molar-refractivity contribution in [2.24, 2.45) is 5.73 Å². The highest BCUT2D eigenvalue weighted by atomic mass is 16.2. The highest BCUT2D eigenvalue weighted by Gasteiger charge is 2.32. The second kappa shape index (κ2) is 5.83. The second-order valence-electron chi connectivity index (χ2n) is 4.50. The summed E-state index contributed by atoms with van der Waals surface area (Å²) in [5.74, 6) is -0.291. The van der Waals surface area contributed by atoms with Crippen molar-refractivity contribution in [3.63, 3.8) is 0 Å². The lowest BCUT2D eigenvalue weighted by Crippen LogP contribution is -2.56. The summed E-state index contributed by atoms with van der Waals surface area (Å²) in [6.45, 7) is 4.02. The van der Waals surface area contributed by atoms with Gasteiger partial charge in [0.05, 0.1) is 6.33 Å². The van der Waals surface area contributed by atoms with Crippen molar-refractivity contribution in [3.8, 4) is 0 Å². The van der Waals surface area contributed by atoms with Gasteiger partial charge in [-0.2, -0.15) is 0 Å². The Kier molecular flexibility index (Phi) is 4.16. The molecule has 2 rings (SSSR count). The summed E-state index contributed by atoms with van der Waals surface area (Å²) in [5.41, 5.74) is 5.82. The van der Waals surface area contributed by atoms with Crippen LogP contribution in [0.1, 0.15) is 23.8 Å². The zero-order valence-corrected chi connectivity index (χ0v) is 11.0. The van der Waals surface area contributed by atoms with E-state index in [0.29, 0.717) is 38.3 Å². The molecule has 7 nitrogen and oxygen atoms in total. The van der Waals surface area contributed by atoms with Crippen LogP contribution in [0.15, 0.2) is 12.5 Å². The molecule has 1 aromatic heterocycles. The lowest BCUT2D eigenvalue weighted by atomic mass is 10.1. The molecule has 0 bridgehead atoms. The Morgan fingerprint density at radius 3 is 3.11 bits per heavy atom. The summed E-state index contributed by atoms with van der Waals surface area (Å²) in [6.07, 6.45) is 3.86. The normalized spacial score (nSPS) is 19.4. The minimum atomic E-state index is -0.402. The third-order valence-electron chi connectivity index (χ3n) is 3.22. The van der Waals surface area contributed by atoms with E-state index in [1.165, 1.54) is 0 Å². The van der Waals surface area contributed by atoms with Crippen LogP contribution in [0.5, 0.6) is 0 Å². The predicted octanol–water partition coefficient (Wildman–Crippen LogP) is -0.808. The molecule has 2 amide bonds. The molecule has 1 aliphatic rings. The molecule has 7 heteroatoms. The Balaban J connectivity index is 2.14. The van der Waals surface area contributed by atoms with Crippen molar-refractivity contribution in [1.82, 2.24) is 19.8 Å². The average Bonchev–Trinajstić information content (AvgIpc) is 2.86. The number of amides is 2. The summed E-state index contributed by atoms with van der Waals surface area (Å²) < 4.78 is 1.78. The largest absolute Gasteiger partial charge is 0.353 e. The fourth-order valence-electron chi connectivity index (χ4n) is 2.25. The number of carbonyl (C=O) groups is 2. The van der Waals surface area contributed by atoms with Crippen LogP contribution in [-0.4, -0.2) is 51.9 Å². The molecule has 0 aromatic carbocycles. The van der Waals surface area contributed by atoms with Gasteiger partial charge in [-0.25, -0.2) is 4.98 Å². The first kappa shape index (κ1) is 13.5. The molecular weight excluding hydrogens is 246 g/mol. The van der Waals surface area contributed by atoms with E-state index in [1.807, 2.05) is 6.92 Å². The molecule has 1 aromatic rings. The molecule has 1 fully saturated rings. The Morgan fingerprint density at radius 1 is 1.63 bits per heavy atom. The maximum Gasteiger partial charge on any atom is 0.274 e. The van der Waals surface area contributed by atoms with E-state index in [0.717, 1.165) is 0 Å². The number of nitrogens with zero attached hydrogens (tertiary/aromatic N) is 3. The summed E-state index contributed by atoms with van der Waals surface area (Å²) in [4.78, 5) is 29.8. The van der Waals surface area contributed by atoms with Crippen molar-refractivity contribution in [2.75, 3.05) is 19.6 Å². The van der Waals surface area contributed by atoms with E-state index in [-0.39, 0.29) is 11.8 Å². The number of hydrogen-bond acceptors (Lipinski definition) is 4.